The minimum atomic E-state index is -1.15. The molecule has 2 atom stereocenters. The van der Waals surface area contributed by atoms with E-state index in [1.54, 1.807) is 12.1 Å². The fraction of sp³-hybridized carbons (Fsp3) is 0.471. The number of para-hydroxylation sites is 1. The van der Waals surface area contributed by atoms with E-state index in [0.29, 0.717) is 11.3 Å². The van der Waals surface area contributed by atoms with Crippen molar-refractivity contribution in [1.82, 2.24) is 0 Å². The van der Waals surface area contributed by atoms with Gasteiger partial charge in [-0.15, -0.1) is 0 Å². The Labute approximate surface area is 148 Å². The van der Waals surface area contributed by atoms with Crippen molar-refractivity contribution in [3.05, 3.63) is 28.2 Å². The fourth-order valence-electron chi connectivity index (χ4n) is 3.14. The van der Waals surface area contributed by atoms with Crippen LogP contribution < -0.4 is 4.74 Å². The average Bonchev–Trinajstić information content (AvgIpc) is 2.55. The lowest BCUT2D eigenvalue weighted by molar-refractivity contribution is -0.161. The Bertz CT molecular complexity index is 640. The van der Waals surface area contributed by atoms with Crippen LogP contribution >= 0.6 is 15.9 Å². The van der Waals surface area contributed by atoms with Gasteiger partial charge in [0.25, 0.3) is 0 Å². The zero-order valence-electron chi connectivity index (χ0n) is 13.7. The number of hydrogen-bond acceptors (Lipinski definition) is 6. The first-order valence-electron chi connectivity index (χ1n) is 7.47. The summed E-state index contributed by atoms with van der Waals surface area (Å²) in [6, 6.07) is 5.39. The lowest BCUT2D eigenvalue weighted by atomic mass is 9.73. The topological polar surface area (TPSA) is 78.9 Å². The molecule has 7 heteroatoms. The third-order valence-corrected chi connectivity index (χ3v) is 4.75. The first-order chi connectivity index (χ1) is 11.4. The summed E-state index contributed by atoms with van der Waals surface area (Å²) < 4.78 is 16.1. The van der Waals surface area contributed by atoms with E-state index in [9.17, 15) is 14.4 Å². The summed E-state index contributed by atoms with van der Waals surface area (Å²) in [5.41, 5.74) is 0.683. The number of fused-ring (bicyclic) bond motifs is 1. The van der Waals surface area contributed by atoms with Crippen molar-refractivity contribution in [2.75, 3.05) is 20.8 Å². The Balaban J connectivity index is 2.57. The number of carbonyl (C=O) groups excluding carboxylic acids is 3. The maximum atomic E-state index is 12.3. The summed E-state index contributed by atoms with van der Waals surface area (Å²) in [7, 11) is 2.44. The van der Waals surface area contributed by atoms with E-state index in [4.69, 9.17) is 14.2 Å². The fourth-order valence-corrected chi connectivity index (χ4v) is 3.63. The van der Waals surface area contributed by atoms with Crippen LogP contribution in [-0.2, 0) is 23.9 Å². The van der Waals surface area contributed by atoms with E-state index in [-0.39, 0.29) is 24.7 Å². The number of esters is 2. The predicted octanol–water partition coefficient (Wildman–Crippen LogP) is 2.48. The molecule has 130 valence electrons. The Morgan fingerprint density at radius 3 is 2.42 bits per heavy atom. The molecule has 0 saturated carbocycles. The highest BCUT2D eigenvalue weighted by Crippen LogP contribution is 2.46. The van der Waals surface area contributed by atoms with Crippen LogP contribution in [0, 0.1) is 11.8 Å². The van der Waals surface area contributed by atoms with E-state index >= 15 is 0 Å². The van der Waals surface area contributed by atoms with Crippen LogP contribution in [0.15, 0.2) is 22.7 Å². The Morgan fingerprint density at radius 1 is 1.25 bits per heavy atom. The van der Waals surface area contributed by atoms with Crippen molar-refractivity contribution < 1.29 is 28.6 Å². The highest BCUT2D eigenvalue weighted by molar-refractivity contribution is 9.10. The summed E-state index contributed by atoms with van der Waals surface area (Å²) in [6.45, 7) is 1.70. The monoisotopic (exact) mass is 398 g/mol. The third kappa shape index (κ3) is 3.61. The third-order valence-electron chi connectivity index (χ3n) is 4.13. The average molecular weight is 399 g/mol. The minimum absolute atomic E-state index is 0.0412. The molecule has 0 saturated heterocycles. The van der Waals surface area contributed by atoms with Gasteiger partial charge in [-0.2, -0.15) is 0 Å². The molecule has 0 aliphatic carbocycles. The van der Waals surface area contributed by atoms with E-state index in [0.717, 1.165) is 4.47 Å². The summed E-state index contributed by atoms with van der Waals surface area (Å²) in [5, 5.41) is 0. The summed E-state index contributed by atoms with van der Waals surface area (Å²) >= 11 is 3.41. The summed E-state index contributed by atoms with van der Waals surface area (Å²) in [4.78, 5) is 36.2. The van der Waals surface area contributed by atoms with E-state index < -0.39 is 23.8 Å². The number of hydrogen-bond donors (Lipinski definition) is 0. The number of ether oxygens (including phenoxy) is 3. The van der Waals surface area contributed by atoms with E-state index in [1.807, 2.05) is 6.07 Å². The second-order valence-electron chi connectivity index (χ2n) is 5.69. The molecule has 1 aliphatic heterocycles. The normalized spacial score (nSPS) is 19.2. The Hall–Kier alpha value is -1.89. The molecular formula is C17H19BrO6. The first-order valence-corrected chi connectivity index (χ1v) is 8.26. The lowest BCUT2D eigenvalue weighted by Crippen LogP contribution is -2.40. The van der Waals surface area contributed by atoms with Crippen LogP contribution in [0.5, 0.6) is 5.75 Å². The van der Waals surface area contributed by atoms with Crippen LogP contribution in [0.3, 0.4) is 0 Å². The van der Waals surface area contributed by atoms with Gasteiger partial charge in [0.15, 0.2) is 5.92 Å². The molecule has 0 aromatic heterocycles. The molecule has 1 aromatic carbocycles. The zero-order chi connectivity index (χ0) is 17.9. The van der Waals surface area contributed by atoms with E-state index in [1.165, 1.54) is 21.1 Å². The van der Waals surface area contributed by atoms with Crippen molar-refractivity contribution in [1.29, 1.82) is 0 Å². The highest BCUT2D eigenvalue weighted by Gasteiger charge is 2.46. The number of ketones is 1. The van der Waals surface area contributed by atoms with Crippen molar-refractivity contribution >= 4 is 33.7 Å². The van der Waals surface area contributed by atoms with Crippen molar-refractivity contribution in [2.24, 2.45) is 11.8 Å². The van der Waals surface area contributed by atoms with Gasteiger partial charge in [0, 0.05) is 23.8 Å². The quantitative estimate of drug-likeness (QED) is 0.559. The molecule has 0 spiro atoms. The Morgan fingerprint density at radius 2 is 1.88 bits per heavy atom. The van der Waals surface area contributed by atoms with Gasteiger partial charge in [0.2, 0.25) is 0 Å². The molecule has 1 aliphatic rings. The van der Waals surface area contributed by atoms with Crippen molar-refractivity contribution in [2.45, 2.75) is 19.3 Å². The highest BCUT2D eigenvalue weighted by atomic mass is 79.9. The number of Topliss-reactive ketones (excluding diaryl/α,β-unsaturated/α-hetero) is 1. The van der Waals surface area contributed by atoms with Crippen LogP contribution in [0.25, 0.3) is 0 Å². The minimum Gasteiger partial charge on any atom is -0.492 e. The number of benzene rings is 1. The first kappa shape index (κ1) is 18.4. The van der Waals surface area contributed by atoms with Crippen molar-refractivity contribution in [3.8, 4) is 5.75 Å². The molecule has 1 aromatic rings. The number of rotatable bonds is 5. The summed E-state index contributed by atoms with van der Waals surface area (Å²) in [5.74, 6) is -2.88. The smallest absolute Gasteiger partial charge is 0.320 e. The molecule has 2 rings (SSSR count). The lowest BCUT2D eigenvalue weighted by Gasteiger charge is -2.36. The second-order valence-corrected chi connectivity index (χ2v) is 6.54. The molecule has 0 radical (unpaired) electrons. The van der Waals surface area contributed by atoms with Gasteiger partial charge < -0.3 is 19.0 Å². The molecule has 0 amide bonds. The second kappa shape index (κ2) is 7.79. The molecule has 24 heavy (non-hydrogen) atoms. The standard InChI is InChI=1S/C17H19BrO6/c1-9(19)7-10-8-24-15-11(5-4-6-12(15)18)13(10)14(16(20)22-2)17(21)23-3/h4-6,10,13-14H,7-8H2,1-3H3. The van der Waals surface area contributed by atoms with Gasteiger partial charge in [0.1, 0.15) is 11.5 Å². The predicted molar refractivity (Wildman–Crippen MR) is 88.7 cm³/mol. The molecule has 1 heterocycles. The molecule has 2 unspecified atom stereocenters. The van der Waals surface area contributed by atoms with Gasteiger partial charge in [0.05, 0.1) is 25.3 Å². The van der Waals surface area contributed by atoms with Crippen LogP contribution in [0.1, 0.15) is 24.8 Å². The Kier molecular flexibility index (Phi) is 5.99. The maximum Gasteiger partial charge on any atom is 0.320 e. The van der Waals surface area contributed by atoms with Gasteiger partial charge in [-0.25, -0.2) is 0 Å². The molecular weight excluding hydrogens is 380 g/mol. The van der Waals surface area contributed by atoms with E-state index in [2.05, 4.69) is 15.9 Å². The largest absolute Gasteiger partial charge is 0.492 e. The van der Waals surface area contributed by atoms with Gasteiger partial charge >= 0.3 is 11.9 Å². The van der Waals surface area contributed by atoms with Gasteiger partial charge in [-0.3, -0.25) is 9.59 Å². The SMILES string of the molecule is COC(=O)C(C(=O)OC)C1c2cccc(Br)c2OCC1CC(C)=O. The number of carbonyl (C=O) groups is 3. The summed E-state index contributed by atoms with van der Waals surface area (Å²) in [6.07, 6.45) is 0.196. The zero-order valence-corrected chi connectivity index (χ0v) is 15.3. The van der Waals surface area contributed by atoms with Crippen molar-refractivity contribution in [3.63, 3.8) is 0 Å². The van der Waals surface area contributed by atoms with Gasteiger partial charge in [-0.05, 0) is 28.9 Å². The van der Waals surface area contributed by atoms with Crippen LogP contribution in [0.4, 0.5) is 0 Å². The molecule has 6 nitrogen and oxygen atoms in total. The number of halogens is 1. The van der Waals surface area contributed by atoms with Crippen LogP contribution in [-0.4, -0.2) is 38.5 Å². The maximum absolute atomic E-state index is 12.3. The number of methoxy groups -OCH3 is 2. The molecule has 0 N–H and O–H groups in total. The van der Waals surface area contributed by atoms with Gasteiger partial charge in [-0.1, -0.05) is 12.1 Å². The molecule has 0 bridgehead atoms. The van der Waals surface area contributed by atoms with Crippen LogP contribution in [0.2, 0.25) is 0 Å². The molecule has 0 fully saturated rings.